The maximum absolute atomic E-state index is 5.32. The normalized spacial score (nSPS) is 10.7. The van der Waals surface area contributed by atoms with Crippen LogP contribution >= 0.6 is 0 Å². The Morgan fingerprint density at radius 3 is 2.70 bits per heavy atom. The van der Waals surface area contributed by atoms with E-state index in [0.717, 1.165) is 11.4 Å². The molecule has 1 aromatic carbocycles. The third-order valence-electron chi connectivity index (χ3n) is 3.55. The zero-order valence-corrected chi connectivity index (χ0v) is 13.3. The minimum atomic E-state index is 0.538. The Morgan fingerprint density at radius 2 is 2.00 bits per heavy atom. The van der Waals surface area contributed by atoms with Gasteiger partial charge in [-0.2, -0.15) is 4.98 Å². The summed E-state index contributed by atoms with van der Waals surface area (Å²) in [6.07, 6.45) is 4.18. The highest BCUT2D eigenvalue weighted by atomic mass is 16.5. The Morgan fingerprint density at radius 1 is 1.17 bits per heavy atom. The van der Waals surface area contributed by atoms with E-state index in [1.54, 1.807) is 20.4 Å². The van der Waals surface area contributed by atoms with Crippen molar-refractivity contribution in [1.82, 2.24) is 19.7 Å². The van der Waals surface area contributed by atoms with Gasteiger partial charge < -0.3 is 18.6 Å². The SMILES string of the molecule is COc1ccc(Cc2nc(Cn3ccnc3C)no2)cc1OC. The van der Waals surface area contributed by atoms with Gasteiger partial charge in [0.25, 0.3) is 0 Å². The lowest BCUT2D eigenvalue weighted by molar-refractivity contribution is 0.354. The molecule has 0 saturated carbocycles. The average Bonchev–Trinajstić information content (AvgIpc) is 3.17. The molecule has 0 amide bonds. The minimum Gasteiger partial charge on any atom is -0.493 e. The van der Waals surface area contributed by atoms with Crippen LogP contribution in [0.4, 0.5) is 0 Å². The van der Waals surface area contributed by atoms with Gasteiger partial charge in [0.2, 0.25) is 5.89 Å². The fraction of sp³-hybridized carbons (Fsp3) is 0.312. The van der Waals surface area contributed by atoms with Crippen LogP contribution in [0, 0.1) is 6.92 Å². The van der Waals surface area contributed by atoms with Gasteiger partial charge in [0, 0.05) is 12.4 Å². The van der Waals surface area contributed by atoms with Crippen molar-refractivity contribution in [3.8, 4) is 11.5 Å². The first kappa shape index (κ1) is 15.1. The Hall–Kier alpha value is -2.83. The first-order chi connectivity index (χ1) is 11.2. The zero-order valence-electron chi connectivity index (χ0n) is 13.3. The molecule has 0 aliphatic heterocycles. The zero-order chi connectivity index (χ0) is 16.2. The third kappa shape index (κ3) is 3.33. The molecule has 0 aliphatic rings. The maximum Gasteiger partial charge on any atom is 0.231 e. The predicted octanol–water partition coefficient (Wildman–Crippen LogP) is 2.23. The quantitative estimate of drug-likeness (QED) is 0.694. The molecule has 0 unspecified atom stereocenters. The van der Waals surface area contributed by atoms with Gasteiger partial charge in [-0.25, -0.2) is 4.98 Å². The number of rotatable bonds is 6. The fourth-order valence-electron chi connectivity index (χ4n) is 2.31. The number of methoxy groups -OCH3 is 2. The van der Waals surface area contributed by atoms with Crippen LogP contribution in [0.5, 0.6) is 11.5 Å². The van der Waals surface area contributed by atoms with E-state index in [4.69, 9.17) is 14.0 Å². The molecule has 7 nitrogen and oxygen atoms in total. The Kier molecular flexibility index (Phi) is 4.27. The van der Waals surface area contributed by atoms with Crippen LogP contribution in [0.25, 0.3) is 0 Å². The monoisotopic (exact) mass is 314 g/mol. The minimum absolute atomic E-state index is 0.538. The Bertz CT molecular complexity index is 794. The summed E-state index contributed by atoms with van der Waals surface area (Å²) in [7, 11) is 3.22. The number of aryl methyl sites for hydroxylation is 1. The molecule has 3 aromatic rings. The second-order valence-corrected chi connectivity index (χ2v) is 5.07. The van der Waals surface area contributed by atoms with Crippen molar-refractivity contribution in [3.05, 3.63) is 53.7 Å². The van der Waals surface area contributed by atoms with Crippen molar-refractivity contribution >= 4 is 0 Å². The Labute approximate surface area is 133 Å². The smallest absolute Gasteiger partial charge is 0.231 e. The number of aromatic nitrogens is 4. The van der Waals surface area contributed by atoms with Gasteiger partial charge in [-0.3, -0.25) is 0 Å². The molecular formula is C16H18N4O3. The van der Waals surface area contributed by atoms with Crippen LogP contribution in [0.2, 0.25) is 0 Å². The van der Waals surface area contributed by atoms with Crippen LogP contribution < -0.4 is 9.47 Å². The largest absolute Gasteiger partial charge is 0.493 e. The molecule has 0 spiro atoms. The lowest BCUT2D eigenvalue weighted by Crippen LogP contribution is -2.02. The highest BCUT2D eigenvalue weighted by Crippen LogP contribution is 2.28. The summed E-state index contributed by atoms with van der Waals surface area (Å²) >= 11 is 0. The summed E-state index contributed by atoms with van der Waals surface area (Å²) in [5.74, 6) is 3.47. The molecular weight excluding hydrogens is 296 g/mol. The fourth-order valence-corrected chi connectivity index (χ4v) is 2.31. The van der Waals surface area contributed by atoms with E-state index in [-0.39, 0.29) is 0 Å². The Balaban J connectivity index is 1.73. The molecule has 0 atom stereocenters. The van der Waals surface area contributed by atoms with Crippen molar-refractivity contribution in [1.29, 1.82) is 0 Å². The molecule has 23 heavy (non-hydrogen) atoms. The first-order valence-electron chi connectivity index (χ1n) is 7.19. The van der Waals surface area contributed by atoms with Gasteiger partial charge in [-0.05, 0) is 24.6 Å². The summed E-state index contributed by atoms with van der Waals surface area (Å²) in [6, 6.07) is 5.72. The van der Waals surface area contributed by atoms with Crippen LogP contribution in [0.1, 0.15) is 23.1 Å². The molecule has 0 fully saturated rings. The van der Waals surface area contributed by atoms with E-state index in [2.05, 4.69) is 15.1 Å². The molecule has 0 bridgehead atoms. The number of nitrogens with zero attached hydrogens (tertiary/aromatic N) is 4. The van der Waals surface area contributed by atoms with E-state index in [1.165, 1.54) is 0 Å². The lowest BCUT2D eigenvalue weighted by atomic mass is 10.1. The van der Waals surface area contributed by atoms with Crippen LogP contribution in [0.15, 0.2) is 35.1 Å². The summed E-state index contributed by atoms with van der Waals surface area (Å²) in [4.78, 5) is 8.59. The highest BCUT2D eigenvalue weighted by molar-refractivity contribution is 5.43. The summed E-state index contributed by atoms with van der Waals surface area (Å²) < 4.78 is 17.8. The van der Waals surface area contributed by atoms with Crippen molar-refractivity contribution in [2.75, 3.05) is 14.2 Å². The molecule has 3 rings (SSSR count). The van der Waals surface area contributed by atoms with E-state index in [1.807, 2.05) is 35.9 Å². The molecule has 0 N–H and O–H groups in total. The summed E-state index contributed by atoms with van der Waals surface area (Å²) in [5, 5.41) is 4.01. The van der Waals surface area contributed by atoms with Crippen LogP contribution in [-0.2, 0) is 13.0 Å². The number of hydrogen-bond donors (Lipinski definition) is 0. The lowest BCUT2D eigenvalue weighted by Gasteiger charge is -2.08. The predicted molar refractivity (Wildman–Crippen MR) is 82.7 cm³/mol. The molecule has 0 radical (unpaired) electrons. The van der Waals surface area contributed by atoms with Crippen molar-refractivity contribution in [3.63, 3.8) is 0 Å². The molecule has 0 aliphatic carbocycles. The number of imidazole rings is 1. The average molecular weight is 314 g/mol. The van der Waals surface area contributed by atoms with Gasteiger partial charge >= 0.3 is 0 Å². The maximum atomic E-state index is 5.32. The van der Waals surface area contributed by atoms with Crippen LogP contribution in [0.3, 0.4) is 0 Å². The van der Waals surface area contributed by atoms with E-state index >= 15 is 0 Å². The second kappa shape index (κ2) is 6.51. The van der Waals surface area contributed by atoms with E-state index in [9.17, 15) is 0 Å². The van der Waals surface area contributed by atoms with Crippen LogP contribution in [-0.4, -0.2) is 33.9 Å². The van der Waals surface area contributed by atoms with Gasteiger partial charge in [0.1, 0.15) is 5.82 Å². The number of hydrogen-bond acceptors (Lipinski definition) is 6. The van der Waals surface area contributed by atoms with E-state index in [0.29, 0.717) is 36.2 Å². The molecule has 7 heteroatoms. The number of ether oxygens (including phenoxy) is 2. The third-order valence-corrected chi connectivity index (χ3v) is 3.55. The molecule has 120 valence electrons. The van der Waals surface area contributed by atoms with Gasteiger partial charge in [0.15, 0.2) is 17.3 Å². The van der Waals surface area contributed by atoms with Gasteiger partial charge in [-0.15, -0.1) is 0 Å². The van der Waals surface area contributed by atoms with E-state index < -0.39 is 0 Å². The van der Waals surface area contributed by atoms with Gasteiger partial charge in [-0.1, -0.05) is 11.2 Å². The standard InChI is InChI=1S/C16H18N4O3/c1-11-17-6-7-20(11)10-15-18-16(23-19-15)9-12-4-5-13(21-2)14(8-12)22-3/h4-8H,9-10H2,1-3H3. The second-order valence-electron chi connectivity index (χ2n) is 5.07. The molecule has 2 aromatic heterocycles. The van der Waals surface area contributed by atoms with Gasteiger partial charge in [0.05, 0.1) is 27.2 Å². The summed E-state index contributed by atoms with van der Waals surface area (Å²) in [6.45, 7) is 2.48. The number of benzene rings is 1. The highest BCUT2D eigenvalue weighted by Gasteiger charge is 2.11. The topological polar surface area (TPSA) is 75.2 Å². The summed E-state index contributed by atoms with van der Waals surface area (Å²) in [5.41, 5.74) is 1.01. The van der Waals surface area contributed by atoms with Crippen molar-refractivity contribution in [2.24, 2.45) is 0 Å². The van der Waals surface area contributed by atoms with Crippen molar-refractivity contribution in [2.45, 2.75) is 19.9 Å². The first-order valence-corrected chi connectivity index (χ1v) is 7.19. The molecule has 0 saturated heterocycles. The molecule has 2 heterocycles. The van der Waals surface area contributed by atoms with Crippen molar-refractivity contribution < 1.29 is 14.0 Å².